The lowest BCUT2D eigenvalue weighted by Gasteiger charge is -2.37. The Morgan fingerprint density at radius 2 is 1.95 bits per heavy atom. The number of aryl methyl sites for hydroxylation is 1. The van der Waals surface area contributed by atoms with E-state index >= 15 is 0 Å². The van der Waals surface area contributed by atoms with Gasteiger partial charge in [-0.2, -0.15) is 0 Å². The number of benzene rings is 1. The Bertz CT molecular complexity index is 621. The molecule has 0 spiro atoms. The van der Waals surface area contributed by atoms with Gasteiger partial charge in [-0.05, 0) is 37.0 Å². The van der Waals surface area contributed by atoms with Crippen LogP contribution in [0.5, 0.6) is 0 Å². The quantitative estimate of drug-likeness (QED) is 0.781. The fraction of sp³-hybridized carbons (Fsp3) is 0.611. The van der Waals surface area contributed by atoms with Crippen LogP contribution in [-0.4, -0.2) is 31.8 Å². The first-order chi connectivity index (χ1) is 11.3. The van der Waals surface area contributed by atoms with Crippen molar-refractivity contribution in [3.63, 3.8) is 0 Å². The van der Waals surface area contributed by atoms with Crippen molar-refractivity contribution in [3.05, 3.63) is 35.4 Å². The van der Waals surface area contributed by atoms with E-state index in [9.17, 15) is 4.79 Å². The minimum absolute atomic E-state index is 0.0460. The summed E-state index contributed by atoms with van der Waals surface area (Å²) < 4.78 is 28.5. The summed E-state index contributed by atoms with van der Waals surface area (Å²) in [6.07, 6.45) is 0.376. The molecule has 0 unspecified atom stereocenters. The number of nitrogens with zero attached hydrogens (tertiary/aromatic N) is 1. The van der Waals surface area contributed by atoms with Crippen molar-refractivity contribution in [2.75, 3.05) is 6.54 Å². The zero-order valence-corrected chi connectivity index (χ0v) is 15.3. The van der Waals surface area contributed by atoms with Crippen molar-refractivity contribution in [3.8, 4) is 0 Å². The number of likely N-dealkylation sites (tertiary alicyclic amines) is 1. The van der Waals surface area contributed by atoms with Gasteiger partial charge in [0, 0.05) is 17.2 Å². The molecule has 1 aromatic carbocycles. The van der Waals surface area contributed by atoms with Crippen molar-refractivity contribution in [1.29, 1.82) is 0 Å². The molecule has 0 saturated carbocycles. The predicted octanol–water partition coefficient (Wildman–Crippen LogP) is 4.12. The summed E-state index contributed by atoms with van der Waals surface area (Å²) in [4.78, 5) is 14.5. The molecule has 1 aliphatic heterocycles. The lowest BCUT2D eigenvalue weighted by atomic mass is 10.1. The molecule has 1 aromatic rings. The highest BCUT2D eigenvalue weighted by Crippen LogP contribution is 2.38. The van der Waals surface area contributed by atoms with Gasteiger partial charge in [-0.3, -0.25) is 4.79 Å². The van der Waals surface area contributed by atoms with Gasteiger partial charge in [-0.15, -0.1) is 0 Å². The highest BCUT2D eigenvalue weighted by Gasteiger charge is 2.43. The van der Waals surface area contributed by atoms with Crippen LogP contribution in [0.3, 0.4) is 0 Å². The largest absolute Gasteiger partial charge is 0.405 e. The van der Waals surface area contributed by atoms with Crippen molar-refractivity contribution >= 4 is 14.2 Å². The molecular formula is C18H29NO2Si. The zero-order chi connectivity index (χ0) is 19.0. The Labute approximate surface area is 140 Å². The molecule has 0 radical (unpaired) electrons. The van der Waals surface area contributed by atoms with Gasteiger partial charge in [0.25, 0.3) is 5.91 Å². The second-order valence-electron chi connectivity index (χ2n) is 7.61. The summed E-state index contributed by atoms with van der Waals surface area (Å²) in [7, 11) is -1.97. The molecule has 1 amide bonds. The molecule has 1 aliphatic rings. The first kappa shape index (κ1) is 13.3. The Morgan fingerprint density at radius 1 is 1.32 bits per heavy atom. The number of carbonyl (C=O) groups excluding carboxylic acids is 1. The van der Waals surface area contributed by atoms with Crippen molar-refractivity contribution < 1.29 is 13.3 Å². The SMILES string of the molecule is [2H]C([2H])([2H])c1ccc(CN2CC[C@H](O[Si](C)(C)C(C)(C)C)C2=O)cc1. The van der Waals surface area contributed by atoms with Crippen LogP contribution in [0.4, 0.5) is 0 Å². The first-order valence-corrected chi connectivity index (χ1v) is 10.8. The van der Waals surface area contributed by atoms with E-state index in [1.807, 2.05) is 4.90 Å². The number of amides is 1. The zero-order valence-electron chi connectivity index (χ0n) is 17.3. The summed E-state index contributed by atoms with van der Waals surface area (Å²) in [6.45, 7) is 9.92. The average Bonchev–Trinajstić information content (AvgIpc) is 2.78. The second kappa shape index (κ2) is 6.17. The second-order valence-corrected chi connectivity index (χ2v) is 12.4. The van der Waals surface area contributed by atoms with Gasteiger partial charge in [0.05, 0.1) is 0 Å². The molecule has 0 aliphatic carbocycles. The fourth-order valence-corrected chi connectivity index (χ4v) is 3.62. The third-order valence-corrected chi connectivity index (χ3v) is 9.30. The normalized spacial score (nSPS) is 22.4. The highest BCUT2D eigenvalue weighted by atomic mass is 28.4. The van der Waals surface area contributed by atoms with Gasteiger partial charge in [0.2, 0.25) is 0 Å². The Morgan fingerprint density at radius 3 is 2.50 bits per heavy atom. The van der Waals surface area contributed by atoms with E-state index in [1.54, 1.807) is 24.3 Å². The summed E-state index contributed by atoms with van der Waals surface area (Å²) >= 11 is 0. The van der Waals surface area contributed by atoms with E-state index in [0.717, 1.165) is 12.0 Å². The third kappa shape index (κ3) is 3.79. The van der Waals surface area contributed by atoms with Gasteiger partial charge < -0.3 is 9.33 Å². The molecule has 4 heteroatoms. The van der Waals surface area contributed by atoms with Crippen molar-refractivity contribution in [2.24, 2.45) is 0 Å². The molecule has 0 N–H and O–H groups in total. The van der Waals surface area contributed by atoms with Crippen LogP contribution in [0.2, 0.25) is 18.1 Å². The Balaban J connectivity index is 2.01. The molecule has 0 aromatic heterocycles. The van der Waals surface area contributed by atoms with E-state index in [2.05, 4.69) is 33.9 Å². The molecule has 1 heterocycles. The van der Waals surface area contributed by atoms with Crippen molar-refractivity contribution in [1.82, 2.24) is 4.90 Å². The molecule has 3 nitrogen and oxygen atoms in total. The van der Waals surface area contributed by atoms with E-state index in [0.29, 0.717) is 18.7 Å². The Hall–Kier alpha value is -1.13. The van der Waals surface area contributed by atoms with Gasteiger partial charge in [-0.1, -0.05) is 50.6 Å². The van der Waals surface area contributed by atoms with Gasteiger partial charge in [-0.25, -0.2) is 0 Å². The number of carbonyl (C=O) groups is 1. The van der Waals surface area contributed by atoms with Crippen LogP contribution < -0.4 is 0 Å². The van der Waals surface area contributed by atoms with Crippen LogP contribution in [-0.2, 0) is 15.8 Å². The maximum atomic E-state index is 12.7. The summed E-state index contributed by atoms with van der Waals surface area (Å²) in [5.74, 6) is 0.0460. The predicted molar refractivity (Wildman–Crippen MR) is 93.3 cm³/mol. The van der Waals surface area contributed by atoms with Crippen LogP contribution in [0.15, 0.2) is 24.3 Å². The molecule has 2 rings (SSSR count). The molecule has 1 saturated heterocycles. The smallest absolute Gasteiger partial charge is 0.250 e. The van der Waals surface area contributed by atoms with Gasteiger partial charge in [0.15, 0.2) is 8.32 Å². The standard InChI is InChI=1S/C18H29NO2Si/c1-14-7-9-15(10-8-14)13-19-12-11-16(17(19)20)21-22(5,6)18(2,3)4/h7-10,16H,11-13H2,1-6H3/t16-/m0/s1/i1D3. The summed E-state index contributed by atoms with van der Waals surface area (Å²) in [5.41, 5.74) is 1.26. The topological polar surface area (TPSA) is 29.5 Å². The van der Waals surface area contributed by atoms with E-state index < -0.39 is 15.2 Å². The van der Waals surface area contributed by atoms with Crippen LogP contribution in [0.1, 0.15) is 42.4 Å². The number of hydrogen-bond donors (Lipinski definition) is 0. The first-order valence-electron chi connectivity index (χ1n) is 9.37. The summed E-state index contributed by atoms with van der Waals surface area (Å²) in [6, 6.07) is 6.81. The maximum Gasteiger partial charge on any atom is 0.250 e. The number of hydrogen-bond acceptors (Lipinski definition) is 2. The van der Waals surface area contributed by atoms with Crippen LogP contribution in [0.25, 0.3) is 0 Å². The molecule has 122 valence electrons. The monoisotopic (exact) mass is 322 g/mol. The minimum atomic E-state index is -2.09. The summed E-state index contributed by atoms with van der Waals surface area (Å²) in [5, 5.41) is 0.0752. The van der Waals surface area contributed by atoms with E-state index in [1.165, 1.54) is 0 Å². The van der Waals surface area contributed by atoms with Crippen LogP contribution in [0, 0.1) is 6.85 Å². The minimum Gasteiger partial charge on any atom is -0.405 e. The molecule has 1 fully saturated rings. The van der Waals surface area contributed by atoms with E-state index in [4.69, 9.17) is 8.54 Å². The molecule has 0 bridgehead atoms. The lowest BCUT2D eigenvalue weighted by molar-refractivity contribution is -0.134. The fourth-order valence-electron chi connectivity index (χ4n) is 2.34. The lowest BCUT2D eigenvalue weighted by Crippen LogP contribution is -2.46. The highest BCUT2D eigenvalue weighted by molar-refractivity contribution is 6.74. The van der Waals surface area contributed by atoms with Gasteiger partial charge >= 0.3 is 0 Å². The Kier molecular flexibility index (Phi) is 3.73. The maximum absolute atomic E-state index is 12.7. The van der Waals surface area contributed by atoms with Crippen molar-refractivity contribution in [2.45, 2.75) is 64.8 Å². The average molecular weight is 323 g/mol. The molecule has 22 heavy (non-hydrogen) atoms. The van der Waals surface area contributed by atoms with Gasteiger partial charge in [0.1, 0.15) is 6.10 Å². The molecule has 1 atom stereocenters. The number of rotatable bonds is 4. The third-order valence-electron chi connectivity index (χ3n) is 4.82. The van der Waals surface area contributed by atoms with Crippen LogP contribution >= 0.6 is 0 Å². The van der Waals surface area contributed by atoms with E-state index in [-0.39, 0.29) is 17.0 Å². The molecular weight excluding hydrogens is 290 g/mol.